The summed E-state index contributed by atoms with van der Waals surface area (Å²) < 4.78 is 4.63. The van der Waals surface area contributed by atoms with E-state index in [9.17, 15) is 0 Å². The first-order valence-corrected chi connectivity index (χ1v) is 15.6. The normalized spacial score (nSPS) is 11.9. The molecule has 0 aliphatic rings. The molecule has 0 saturated heterocycles. The first kappa shape index (κ1) is 25.1. The fourth-order valence-corrected chi connectivity index (χ4v) is 7.39. The Morgan fingerprint density at radius 3 is 1.70 bits per heavy atom. The molecule has 10 aromatic rings. The number of para-hydroxylation sites is 4. The fraction of sp³-hybridized carbons (Fsp3) is 0. The second-order valence-corrected chi connectivity index (χ2v) is 11.8. The first-order chi connectivity index (χ1) is 22.8. The third-order valence-corrected chi connectivity index (χ3v) is 9.32. The predicted octanol–water partition coefficient (Wildman–Crippen LogP) is 10.6. The summed E-state index contributed by atoms with van der Waals surface area (Å²) in [5.74, 6) is 0.666. The summed E-state index contributed by atoms with van der Waals surface area (Å²) in [5, 5.41) is 8.27. The van der Waals surface area contributed by atoms with Crippen LogP contribution in [0.15, 0.2) is 158 Å². The van der Waals surface area contributed by atoms with Crippen LogP contribution in [-0.2, 0) is 0 Å². The summed E-state index contributed by atoms with van der Waals surface area (Å²) in [5.41, 5.74) is 8.64. The van der Waals surface area contributed by atoms with Gasteiger partial charge in [-0.25, -0.2) is 9.97 Å². The number of nitrogens with zero attached hydrogens (tertiary/aromatic N) is 4. The maximum Gasteiger partial charge on any atom is 0.235 e. The van der Waals surface area contributed by atoms with Crippen molar-refractivity contribution >= 4 is 65.3 Å². The molecule has 3 heterocycles. The highest BCUT2D eigenvalue weighted by Crippen LogP contribution is 2.42. The zero-order valence-electron chi connectivity index (χ0n) is 24.8. The number of fused-ring (bicyclic) bond motifs is 9. The minimum atomic E-state index is 0.666. The number of hydrogen-bond acceptors (Lipinski definition) is 2. The van der Waals surface area contributed by atoms with Crippen LogP contribution in [0, 0.1) is 0 Å². The molecule has 0 fully saturated rings. The molecule has 10 rings (SSSR count). The molecule has 7 aromatic carbocycles. The molecular formula is C42H26N4. The quantitative estimate of drug-likeness (QED) is 0.206. The number of aromatic nitrogens is 4. The Hall–Kier alpha value is -6.26. The largest absolute Gasteiger partial charge is 0.309 e. The Morgan fingerprint density at radius 2 is 0.935 bits per heavy atom. The molecule has 0 bridgehead atoms. The van der Waals surface area contributed by atoms with Gasteiger partial charge < -0.3 is 4.57 Å². The van der Waals surface area contributed by atoms with Crippen molar-refractivity contribution in [3.05, 3.63) is 158 Å². The van der Waals surface area contributed by atoms with Crippen molar-refractivity contribution < 1.29 is 0 Å². The van der Waals surface area contributed by atoms with Gasteiger partial charge in [-0.1, -0.05) is 115 Å². The van der Waals surface area contributed by atoms with E-state index in [2.05, 4.69) is 167 Å². The van der Waals surface area contributed by atoms with Crippen LogP contribution in [0.25, 0.3) is 88.2 Å². The molecule has 3 aromatic heterocycles. The highest BCUT2D eigenvalue weighted by molar-refractivity contribution is 6.28. The van der Waals surface area contributed by atoms with Gasteiger partial charge in [-0.3, -0.25) is 4.57 Å². The Labute approximate surface area is 264 Å². The number of rotatable bonds is 3. The molecule has 0 amide bonds. The Kier molecular flexibility index (Phi) is 5.25. The average molecular weight is 587 g/mol. The fourth-order valence-electron chi connectivity index (χ4n) is 7.39. The molecule has 0 saturated carbocycles. The highest BCUT2D eigenvalue weighted by atomic mass is 15.2. The van der Waals surface area contributed by atoms with Gasteiger partial charge in [-0.15, -0.1) is 0 Å². The number of hydrogen-bond donors (Lipinski definition) is 0. The highest BCUT2D eigenvalue weighted by Gasteiger charge is 2.22. The van der Waals surface area contributed by atoms with Gasteiger partial charge >= 0.3 is 0 Å². The summed E-state index contributed by atoms with van der Waals surface area (Å²) >= 11 is 0. The third-order valence-electron chi connectivity index (χ3n) is 9.32. The Balaban J connectivity index is 1.35. The van der Waals surface area contributed by atoms with E-state index < -0.39 is 0 Å². The summed E-state index contributed by atoms with van der Waals surface area (Å²) in [4.78, 5) is 10.6. The van der Waals surface area contributed by atoms with Crippen LogP contribution >= 0.6 is 0 Å². The molecule has 0 atom stereocenters. The van der Waals surface area contributed by atoms with Crippen LogP contribution < -0.4 is 0 Å². The molecule has 0 spiro atoms. The maximum atomic E-state index is 5.41. The summed E-state index contributed by atoms with van der Waals surface area (Å²) in [6.45, 7) is 0. The Bertz CT molecular complexity index is 2800. The first-order valence-electron chi connectivity index (χ1n) is 15.6. The molecule has 0 N–H and O–H groups in total. The van der Waals surface area contributed by atoms with Crippen molar-refractivity contribution in [2.45, 2.75) is 0 Å². The van der Waals surface area contributed by atoms with Crippen LogP contribution in [0.4, 0.5) is 0 Å². The van der Waals surface area contributed by atoms with Gasteiger partial charge in [0.15, 0.2) is 0 Å². The van der Waals surface area contributed by atoms with Gasteiger partial charge in [0.25, 0.3) is 0 Å². The van der Waals surface area contributed by atoms with Gasteiger partial charge in [-0.05, 0) is 53.2 Å². The molecule has 4 nitrogen and oxygen atoms in total. The standard InChI is InChI=1S/C42H26N4/c1-2-15-28(16-3-1)45-35-23-10-7-19-32(35)39-37(45)25-26-38-40(39)33-20-8-11-24-36(33)46(38)42-43-34-22-9-6-18-31(34)41(44-42)30-21-12-14-27-13-4-5-17-29(27)30/h1-26H. The average Bonchev–Trinajstić information content (AvgIpc) is 3.64. The van der Waals surface area contributed by atoms with Gasteiger partial charge in [0.2, 0.25) is 5.95 Å². The van der Waals surface area contributed by atoms with Crippen LogP contribution in [0.3, 0.4) is 0 Å². The van der Waals surface area contributed by atoms with Crippen LogP contribution in [0.5, 0.6) is 0 Å². The second kappa shape index (κ2) is 9.62. The molecule has 214 valence electrons. The van der Waals surface area contributed by atoms with Crippen molar-refractivity contribution in [2.75, 3.05) is 0 Å². The SMILES string of the molecule is c1ccc(-n2c3ccccc3c3c4c5ccccc5n(-c5nc(-c6cccc7ccccc67)c6ccccc6n5)c4ccc32)cc1. The molecule has 4 heteroatoms. The summed E-state index contributed by atoms with van der Waals surface area (Å²) in [6, 6.07) is 55.8. The van der Waals surface area contributed by atoms with E-state index in [1.54, 1.807) is 0 Å². The molecule has 46 heavy (non-hydrogen) atoms. The van der Waals surface area contributed by atoms with E-state index >= 15 is 0 Å². The lowest BCUT2D eigenvalue weighted by atomic mass is 9.99. The predicted molar refractivity (Wildman–Crippen MR) is 191 cm³/mol. The summed E-state index contributed by atoms with van der Waals surface area (Å²) in [7, 11) is 0. The zero-order chi connectivity index (χ0) is 30.2. The summed E-state index contributed by atoms with van der Waals surface area (Å²) in [6.07, 6.45) is 0. The lowest BCUT2D eigenvalue weighted by Crippen LogP contribution is -2.03. The van der Waals surface area contributed by atoms with E-state index in [0.29, 0.717) is 5.95 Å². The topological polar surface area (TPSA) is 35.6 Å². The monoisotopic (exact) mass is 586 g/mol. The zero-order valence-corrected chi connectivity index (χ0v) is 24.8. The van der Waals surface area contributed by atoms with E-state index in [0.717, 1.165) is 38.9 Å². The minimum absolute atomic E-state index is 0.666. The van der Waals surface area contributed by atoms with Crippen LogP contribution in [0.2, 0.25) is 0 Å². The number of benzene rings is 7. The lowest BCUT2D eigenvalue weighted by Gasteiger charge is -2.13. The molecule has 0 unspecified atom stereocenters. The van der Waals surface area contributed by atoms with Crippen molar-refractivity contribution in [3.63, 3.8) is 0 Å². The van der Waals surface area contributed by atoms with Crippen LogP contribution in [0.1, 0.15) is 0 Å². The van der Waals surface area contributed by atoms with Gasteiger partial charge in [0.05, 0.1) is 33.3 Å². The van der Waals surface area contributed by atoms with Gasteiger partial charge in [-0.2, -0.15) is 0 Å². The van der Waals surface area contributed by atoms with Gasteiger partial charge in [0, 0.05) is 38.2 Å². The Morgan fingerprint density at radius 1 is 0.370 bits per heavy atom. The minimum Gasteiger partial charge on any atom is -0.309 e. The van der Waals surface area contributed by atoms with Crippen molar-refractivity contribution in [1.29, 1.82) is 0 Å². The molecule has 0 radical (unpaired) electrons. The smallest absolute Gasteiger partial charge is 0.235 e. The van der Waals surface area contributed by atoms with Crippen molar-refractivity contribution in [2.24, 2.45) is 0 Å². The molecule has 0 aliphatic carbocycles. The van der Waals surface area contributed by atoms with Crippen molar-refractivity contribution in [3.8, 4) is 22.9 Å². The van der Waals surface area contributed by atoms with E-state index in [4.69, 9.17) is 9.97 Å². The van der Waals surface area contributed by atoms with E-state index in [1.165, 1.54) is 43.4 Å². The van der Waals surface area contributed by atoms with Gasteiger partial charge in [0.1, 0.15) is 0 Å². The van der Waals surface area contributed by atoms with Crippen LogP contribution in [-0.4, -0.2) is 19.1 Å². The third kappa shape index (κ3) is 3.49. The second-order valence-electron chi connectivity index (χ2n) is 11.8. The van der Waals surface area contributed by atoms with Crippen molar-refractivity contribution in [1.82, 2.24) is 19.1 Å². The maximum absolute atomic E-state index is 5.41. The van der Waals surface area contributed by atoms with E-state index in [-0.39, 0.29) is 0 Å². The molecule has 0 aliphatic heterocycles. The molecular weight excluding hydrogens is 560 g/mol. The lowest BCUT2D eigenvalue weighted by molar-refractivity contribution is 1.01. The van der Waals surface area contributed by atoms with E-state index in [1.807, 2.05) is 0 Å².